The van der Waals surface area contributed by atoms with Gasteiger partial charge in [-0.2, -0.15) is 0 Å². The lowest BCUT2D eigenvalue weighted by Crippen LogP contribution is -2.31. The molecule has 0 saturated heterocycles. The lowest BCUT2D eigenvalue weighted by Gasteiger charge is -2.25. The van der Waals surface area contributed by atoms with Crippen LogP contribution in [0.25, 0.3) is 11.0 Å². The van der Waals surface area contributed by atoms with E-state index < -0.39 is 6.23 Å². The highest BCUT2D eigenvalue weighted by molar-refractivity contribution is 6.29. The molecule has 8 heteroatoms. The number of carbonyl (C=O) groups is 2. The predicted molar refractivity (Wildman–Crippen MR) is 110 cm³/mol. The van der Waals surface area contributed by atoms with Crippen LogP contribution in [0.15, 0.2) is 48.5 Å². The first kappa shape index (κ1) is 19.3. The van der Waals surface area contributed by atoms with Crippen LogP contribution in [0.1, 0.15) is 28.6 Å². The molecule has 4 rings (SSSR count). The van der Waals surface area contributed by atoms with Crippen molar-refractivity contribution in [1.29, 1.82) is 0 Å². The first-order valence-corrected chi connectivity index (χ1v) is 9.51. The fourth-order valence-electron chi connectivity index (χ4n) is 3.25. The molecule has 0 spiro atoms. The standard InChI is InChI=1S/C21H19ClN4O3/c1-25(2)18(27)11-12-29-21-15-6-4-3-5-14(15)20(28)26(21)17-10-8-13-7-9-16(22)23-19(13)24-17/h3-10,21H,11-12H2,1-2H3. The number of halogens is 1. The second-order valence-corrected chi connectivity index (χ2v) is 7.26. The van der Waals surface area contributed by atoms with E-state index in [-0.39, 0.29) is 24.8 Å². The van der Waals surface area contributed by atoms with Gasteiger partial charge in [0.2, 0.25) is 5.91 Å². The maximum Gasteiger partial charge on any atom is 0.262 e. The van der Waals surface area contributed by atoms with Crippen LogP contribution in [0.3, 0.4) is 0 Å². The molecule has 2 aromatic heterocycles. The Morgan fingerprint density at radius 2 is 1.90 bits per heavy atom. The van der Waals surface area contributed by atoms with Crippen molar-refractivity contribution in [3.8, 4) is 0 Å². The highest BCUT2D eigenvalue weighted by atomic mass is 35.5. The summed E-state index contributed by atoms with van der Waals surface area (Å²) in [6.07, 6.45) is -0.450. The Kier molecular flexibility index (Phi) is 5.17. The van der Waals surface area contributed by atoms with Crippen LogP contribution < -0.4 is 4.90 Å². The zero-order valence-corrected chi connectivity index (χ0v) is 16.8. The number of carbonyl (C=O) groups excluding carboxylic acids is 2. The van der Waals surface area contributed by atoms with E-state index in [0.29, 0.717) is 22.2 Å². The van der Waals surface area contributed by atoms with Gasteiger partial charge in [0.15, 0.2) is 11.9 Å². The van der Waals surface area contributed by atoms with E-state index in [2.05, 4.69) is 9.97 Å². The summed E-state index contributed by atoms with van der Waals surface area (Å²) < 4.78 is 5.99. The van der Waals surface area contributed by atoms with Gasteiger partial charge in [0, 0.05) is 30.6 Å². The summed E-state index contributed by atoms with van der Waals surface area (Å²) in [6, 6.07) is 14.4. The molecule has 1 atom stereocenters. The van der Waals surface area contributed by atoms with Crippen molar-refractivity contribution >= 4 is 40.3 Å². The van der Waals surface area contributed by atoms with Crippen LogP contribution in [0, 0.1) is 0 Å². The summed E-state index contributed by atoms with van der Waals surface area (Å²) in [5.41, 5.74) is 1.74. The average Bonchev–Trinajstić information content (AvgIpc) is 2.99. The minimum atomic E-state index is -0.669. The van der Waals surface area contributed by atoms with Gasteiger partial charge in [-0.25, -0.2) is 9.97 Å². The predicted octanol–water partition coefficient (Wildman–Crippen LogP) is 3.44. The second-order valence-electron chi connectivity index (χ2n) is 6.87. The number of nitrogens with zero attached hydrogens (tertiary/aromatic N) is 4. The quantitative estimate of drug-likeness (QED) is 0.602. The van der Waals surface area contributed by atoms with Gasteiger partial charge in [-0.05, 0) is 30.3 Å². The van der Waals surface area contributed by atoms with Crippen molar-refractivity contribution < 1.29 is 14.3 Å². The van der Waals surface area contributed by atoms with Crippen molar-refractivity contribution in [1.82, 2.24) is 14.9 Å². The fourth-order valence-corrected chi connectivity index (χ4v) is 3.40. The highest BCUT2D eigenvalue weighted by Crippen LogP contribution is 2.38. The van der Waals surface area contributed by atoms with E-state index in [0.717, 1.165) is 10.9 Å². The molecule has 0 saturated carbocycles. The maximum atomic E-state index is 13.1. The molecule has 0 aliphatic carbocycles. The van der Waals surface area contributed by atoms with Gasteiger partial charge in [-0.3, -0.25) is 14.5 Å². The van der Waals surface area contributed by atoms with E-state index in [1.165, 1.54) is 9.80 Å². The number of pyridine rings is 2. The smallest absolute Gasteiger partial charge is 0.262 e. The summed E-state index contributed by atoms with van der Waals surface area (Å²) in [4.78, 5) is 36.8. The molecule has 2 amide bonds. The van der Waals surface area contributed by atoms with Crippen molar-refractivity contribution in [2.75, 3.05) is 25.6 Å². The van der Waals surface area contributed by atoms with E-state index in [1.807, 2.05) is 30.3 Å². The third kappa shape index (κ3) is 3.66. The van der Waals surface area contributed by atoms with Crippen molar-refractivity contribution in [2.45, 2.75) is 12.6 Å². The topological polar surface area (TPSA) is 75.6 Å². The summed E-state index contributed by atoms with van der Waals surface area (Å²) in [7, 11) is 3.39. The van der Waals surface area contributed by atoms with Gasteiger partial charge in [0.25, 0.3) is 5.91 Å². The minimum Gasteiger partial charge on any atom is -0.353 e. The van der Waals surface area contributed by atoms with Gasteiger partial charge >= 0.3 is 0 Å². The number of anilines is 1. The molecule has 3 aromatic rings. The zero-order valence-electron chi connectivity index (χ0n) is 16.0. The van der Waals surface area contributed by atoms with Gasteiger partial charge in [0.05, 0.1) is 13.0 Å². The number of fused-ring (bicyclic) bond motifs is 2. The number of ether oxygens (including phenoxy) is 1. The van der Waals surface area contributed by atoms with Gasteiger partial charge in [-0.1, -0.05) is 29.8 Å². The second kappa shape index (κ2) is 7.77. The molecular weight excluding hydrogens is 392 g/mol. The van der Waals surface area contributed by atoms with E-state index in [9.17, 15) is 9.59 Å². The first-order valence-electron chi connectivity index (χ1n) is 9.13. The average molecular weight is 411 g/mol. The summed E-state index contributed by atoms with van der Waals surface area (Å²) in [5, 5.41) is 1.14. The van der Waals surface area contributed by atoms with Crippen molar-refractivity contribution in [3.63, 3.8) is 0 Å². The highest BCUT2D eigenvalue weighted by Gasteiger charge is 2.39. The Hall–Kier alpha value is -3.03. The van der Waals surface area contributed by atoms with Crippen LogP contribution in [0.2, 0.25) is 5.15 Å². The molecule has 0 radical (unpaired) electrons. The normalized spacial score (nSPS) is 15.6. The lowest BCUT2D eigenvalue weighted by molar-refractivity contribution is -0.130. The molecule has 1 unspecified atom stereocenters. The maximum absolute atomic E-state index is 13.1. The Morgan fingerprint density at radius 3 is 2.69 bits per heavy atom. The van der Waals surface area contributed by atoms with Gasteiger partial charge < -0.3 is 9.64 Å². The number of hydrogen-bond acceptors (Lipinski definition) is 5. The Bertz CT molecular complexity index is 1100. The Labute approximate surface area is 172 Å². The van der Waals surface area contributed by atoms with Crippen LogP contribution >= 0.6 is 11.6 Å². The first-order chi connectivity index (χ1) is 14.0. The molecule has 0 bridgehead atoms. The monoisotopic (exact) mass is 410 g/mol. The molecular formula is C21H19ClN4O3. The third-order valence-corrected chi connectivity index (χ3v) is 4.96. The molecule has 0 fully saturated rings. The van der Waals surface area contributed by atoms with Crippen LogP contribution in [-0.2, 0) is 9.53 Å². The number of hydrogen-bond donors (Lipinski definition) is 0. The third-order valence-electron chi connectivity index (χ3n) is 4.75. The van der Waals surface area contributed by atoms with Crippen LogP contribution in [0.5, 0.6) is 0 Å². The molecule has 1 aliphatic heterocycles. The summed E-state index contributed by atoms with van der Waals surface area (Å²) >= 11 is 5.99. The molecule has 7 nitrogen and oxygen atoms in total. The largest absolute Gasteiger partial charge is 0.353 e. The zero-order chi connectivity index (χ0) is 20.5. The Balaban J connectivity index is 1.68. The minimum absolute atomic E-state index is 0.0446. The molecule has 0 N–H and O–H groups in total. The van der Waals surface area contributed by atoms with Crippen molar-refractivity contribution in [2.24, 2.45) is 0 Å². The number of rotatable bonds is 5. The molecule has 148 valence electrons. The molecule has 1 aliphatic rings. The van der Waals surface area contributed by atoms with E-state index in [1.54, 1.807) is 32.3 Å². The fraction of sp³-hybridized carbons (Fsp3) is 0.238. The van der Waals surface area contributed by atoms with Crippen molar-refractivity contribution in [3.05, 3.63) is 64.8 Å². The molecule has 1 aromatic carbocycles. The van der Waals surface area contributed by atoms with E-state index in [4.69, 9.17) is 16.3 Å². The Morgan fingerprint density at radius 1 is 1.14 bits per heavy atom. The molecule has 3 heterocycles. The summed E-state index contributed by atoms with van der Waals surface area (Å²) in [6.45, 7) is 0.178. The van der Waals surface area contributed by atoms with Gasteiger partial charge in [-0.15, -0.1) is 0 Å². The van der Waals surface area contributed by atoms with Crippen LogP contribution in [0.4, 0.5) is 5.82 Å². The van der Waals surface area contributed by atoms with Gasteiger partial charge in [0.1, 0.15) is 11.0 Å². The number of aromatic nitrogens is 2. The molecule has 29 heavy (non-hydrogen) atoms. The SMILES string of the molecule is CN(C)C(=O)CCOC1c2ccccc2C(=O)N1c1ccc2ccc(Cl)nc2n1. The number of benzene rings is 1. The van der Waals surface area contributed by atoms with Crippen LogP contribution in [-0.4, -0.2) is 47.4 Å². The lowest BCUT2D eigenvalue weighted by atomic mass is 10.1. The summed E-state index contributed by atoms with van der Waals surface area (Å²) in [5.74, 6) is 0.160. The van der Waals surface area contributed by atoms with E-state index >= 15 is 0 Å². The number of amides is 2.